The summed E-state index contributed by atoms with van der Waals surface area (Å²) in [6.45, 7) is 0.710. The molecule has 0 aromatic carbocycles. The molecule has 1 fully saturated rings. The zero-order chi connectivity index (χ0) is 20.4. The van der Waals surface area contributed by atoms with Gasteiger partial charge in [0.25, 0.3) is 5.56 Å². The van der Waals surface area contributed by atoms with Crippen LogP contribution in [0.4, 0.5) is 20.3 Å². The predicted octanol–water partition coefficient (Wildman–Crippen LogP) is 3.96. The molecule has 0 bridgehead atoms. The molecule has 0 aliphatic heterocycles. The van der Waals surface area contributed by atoms with E-state index in [2.05, 4.69) is 36.0 Å². The zero-order valence-electron chi connectivity index (χ0n) is 15.7. The van der Waals surface area contributed by atoms with E-state index in [1.54, 1.807) is 37.8 Å². The Hall–Kier alpha value is -2.07. The lowest BCUT2D eigenvalue weighted by atomic mass is 10.2. The van der Waals surface area contributed by atoms with Crippen molar-refractivity contribution in [2.24, 2.45) is 5.92 Å². The maximum Gasteiger partial charge on any atom is 0.388 e. The van der Waals surface area contributed by atoms with Crippen molar-refractivity contribution in [2.75, 3.05) is 19.0 Å². The van der Waals surface area contributed by atoms with Gasteiger partial charge in [-0.25, -0.2) is 9.97 Å². The summed E-state index contributed by atoms with van der Waals surface area (Å²) >= 11 is 3.35. The molecule has 7 nitrogen and oxygen atoms in total. The molecule has 0 radical (unpaired) electrons. The molecule has 10 heteroatoms. The van der Waals surface area contributed by atoms with Crippen molar-refractivity contribution >= 4 is 27.4 Å². The summed E-state index contributed by atoms with van der Waals surface area (Å²) in [5, 5.41) is 2.98. The first-order valence-electron chi connectivity index (χ1n) is 8.77. The van der Waals surface area contributed by atoms with E-state index < -0.39 is 6.61 Å². The summed E-state index contributed by atoms with van der Waals surface area (Å²) in [5.74, 6) is 0.366. The molecule has 2 heterocycles. The Morgan fingerprint density at radius 2 is 2.07 bits per heavy atom. The second-order valence-electron chi connectivity index (χ2n) is 6.73. The van der Waals surface area contributed by atoms with Crippen LogP contribution in [0, 0.1) is 19.8 Å². The van der Waals surface area contributed by atoms with Gasteiger partial charge >= 0.3 is 6.61 Å². The van der Waals surface area contributed by atoms with Gasteiger partial charge in [-0.05, 0) is 54.6 Å². The molecular formula is C18H21BrF2N4O3. The van der Waals surface area contributed by atoms with Crippen molar-refractivity contribution in [1.29, 1.82) is 0 Å². The van der Waals surface area contributed by atoms with E-state index in [9.17, 15) is 13.6 Å². The summed E-state index contributed by atoms with van der Waals surface area (Å²) in [6.07, 6.45) is 3.76. The quantitative estimate of drug-likeness (QED) is 0.644. The number of halogens is 3. The van der Waals surface area contributed by atoms with Gasteiger partial charge < -0.3 is 19.4 Å². The minimum absolute atomic E-state index is 0.0693. The Labute approximate surface area is 169 Å². The first kappa shape index (κ1) is 20.7. The van der Waals surface area contributed by atoms with Gasteiger partial charge in [0.15, 0.2) is 5.82 Å². The number of anilines is 2. The molecular weight excluding hydrogens is 438 g/mol. The Kier molecular flexibility index (Phi) is 6.29. The van der Waals surface area contributed by atoms with Gasteiger partial charge in [0.1, 0.15) is 4.60 Å². The van der Waals surface area contributed by atoms with Crippen LogP contribution in [0.25, 0.3) is 0 Å². The fourth-order valence-corrected chi connectivity index (χ4v) is 3.44. The molecule has 1 atom stereocenters. The van der Waals surface area contributed by atoms with Crippen molar-refractivity contribution in [1.82, 2.24) is 14.5 Å². The number of rotatable bonds is 8. The third kappa shape index (κ3) is 4.67. The summed E-state index contributed by atoms with van der Waals surface area (Å²) in [6, 6.07) is 1.53. The molecule has 3 rings (SSSR count). The highest BCUT2D eigenvalue weighted by atomic mass is 79.9. The van der Waals surface area contributed by atoms with Crippen LogP contribution in [0.15, 0.2) is 21.7 Å². The highest BCUT2D eigenvalue weighted by molar-refractivity contribution is 9.10. The van der Waals surface area contributed by atoms with Crippen LogP contribution in [0.1, 0.15) is 30.1 Å². The summed E-state index contributed by atoms with van der Waals surface area (Å²) in [5.41, 5.74) is 1.02. The number of pyridine rings is 1. The molecule has 0 amide bonds. The Balaban J connectivity index is 1.95. The normalized spacial score (nSPS) is 15.0. The van der Waals surface area contributed by atoms with E-state index in [0.29, 0.717) is 34.1 Å². The van der Waals surface area contributed by atoms with Crippen molar-refractivity contribution < 1.29 is 18.3 Å². The maximum atomic E-state index is 13.0. The van der Waals surface area contributed by atoms with Crippen LogP contribution >= 0.6 is 15.9 Å². The van der Waals surface area contributed by atoms with Crippen LogP contribution < -0.4 is 15.6 Å². The molecule has 2 aromatic rings. The number of alkyl halides is 2. The summed E-state index contributed by atoms with van der Waals surface area (Å²) < 4.78 is 36.8. The van der Waals surface area contributed by atoms with E-state index in [4.69, 9.17) is 4.74 Å². The zero-order valence-corrected chi connectivity index (χ0v) is 17.3. The topological polar surface area (TPSA) is 78.3 Å². The molecule has 1 aliphatic rings. The number of nitrogens with zero attached hydrogens (tertiary/aromatic N) is 3. The van der Waals surface area contributed by atoms with E-state index in [-0.39, 0.29) is 23.3 Å². The van der Waals surface area contributed by atoms with E-state index in [1.165, 1.54) is 0 Å². The average Bonchev–Trinajstić information content (AvgIpc) is 3.44. The van der Waals surface area contributed by atoms with Crippen LogP contribution in [-0.2, 0) is 4.74 Å². The van der Waals surface area contributed by atoms with Gasteiger partial charge in [-0.15, -0.1) is 0 Å². The number of aryl methyl sites for hydroxylation is 2. The van der Waals surface area contributed by atoms with Crippen molar-refractivity contribution in [2.45, 2.75) is 39.3 Å². The molecule has 1 unspecified atom stereocenters. The Morgan fingerprint density at radius 1 is 1.36 bits per heavy atom. The monoisotopic (exact) mass is 458 g/mol. The number of methoxy groups -OCH3 is 1. The number of hydrogen-bond donors (Lipinski definition) is 1. The van der Waals surface area contributed by atoms with Gasteiger partial charge in [-0.1, -0.05) is 0 Å². The lowest BCUT2D eigenvalue weighted by Gasteiger charge is -2.20. The Bertz CT molecular complexity index is 918. The van der Waals surface area contributed by atoms with Gasteiger partial charge in [0, 0.05) is 18.9 Å². The first-order chi connectivity index (χ1) is 13.3. The van der Waals surface area contributed by atoms with Crippen molar-refractivity contribution in [3.8, 4) is 5.88 Å². The van der Waals surface area contributed by atoms with Crippen molar-refractivity contribution in [3.05, 3.63) is 38.5 Å². The van der Waals surface area contributed by atoms with Gasteiger partial charge in [-0.2, -0.15) is 8.78 Å². The lowest BCUT2D eigenvalue weighted by molar-refractivity contribution is -0.0533. The molecule has 0 spiro atoms. The van der Waals surface area contributed by atoms with Crippen LogP contribution in [-0.4, -0.2) is 34.9 Å². The molecule has 2 aromatic heterocycles. The number of nitrogens with one attached hydrogen (secondary N) is 1. The number of ether oxygens (including phenoxy) is 2. The number of hydrogen-bond acceptors (Lipinski definition) is 6. The third-order valence-electron chi connectivity index (χ3n) is 4.57. The third-order valence-corrected chi connectivity index (χ3v) is 4.96. The van der Waals surface area contributed by atoms with E-state index in [0.717, 1.165) is 12.8 Å². The molecule has 0 saturated heterocycles. The molecule has 1 N–H and O–H groups in total. The second-order valence-corrected chi connectivity index (χ2v) is 7.54. The summed E-state index contributed by atoms with van der Waals surface area (Å²) in [4.78, 5) is 21.3. The first-order valence-corrected chi connectivity index (χ1v) is 9.57. The van der Waals surface area contributed by atoms with Crippen LogP contribution in [0.2, 0.25) is 0 Å². The van der Waals surface area contributed by atoms with Crippen LogP contribution in [0.5, 0.6) is 5.88 Å². The minimum Gasteiger partial charge on any atom is -0.417 e. The SMILES string of the molecule is COCC(C1CC1)n1cc(Br)nc(Nc2cc(C)c(OC(F)F)nc2C)c1=O. The number of aromatic nitrogens is 3. The van der Waals surface area contributed by atoms with Gasteiger partial charge in [-0.3, -0.25) is 4.79 Å². The van der Waals surface area contributed by atoms with E-state index >= 15 is 0 Å². The second kappa shape index (κ2) is 8.52. The highest BCUT2D eigenvalue weighted by Gasteiger charge is 2.33. The standard InChI is InChI=1S/C18H21BrF2N4O3/c1-9-6-12(10(2)22-16(9)28-18(20)21)23-15-17(26)25(7-14(19)24-15)13(8-27-3)11-4-5-11/h6-7,11,13,18H,4-5,8H2,1-3H3,(H,23,24). The smallest absolute Gasteiger partial charge is 0.388 e. The lowest BCUT2D eigenvalue weighted by Crippen LogP contribution is -2.31. The van der Waals surface area contributed by atoms with Gasteiger partial charge in [0.2, 0.25) is 5.88 Å². The highest BCUT2D eigenvalue weighted by Crippen LogP contribution is 2.39. The maximum absolute atomic E-state index is 13.0. The van der Waals surface area contributed by atoms with Gasteiger partial charge in [0.05, 0.1) is 24.0 Å². The van der Waals surface area contributed by atoms with E-state index in [1.807, 2.05) is 0 Å². The fraction of sp³-hybridized carbons (Fsp3) is 0.500. The Morgan fingerprint density at radius 3 is 2.68 bits per heavy atom. The average molecular weight is 459 g/mol. The molecule has 1 aliphatic carbocycles. The predicted molar refractivity (Wildman–Crippen MR) is 103 cm³/mol. The minimum atomic E-state index is -2.96. The molecule has 152 valence electrons. The summed E-state index contributed by atoms with van der Waals surface area (Å²) in [7, 11) is 1.61. The van der Waals surface area contributed by atoms with Crippen molar-refractivity contribution in [3.63, 3.8) is 0 Å². The molecule has 1 saturated carbocycles. The van der Waals surface area contributed by atoms with Crippen LogP contribution in [0.3, 0.4) is 0 Å². The largest absolute Gasteiger partial charge is 0.417 e. The molecule has 28 heavy (non-hydrogen) atoms. The fourth-order valence-electron chi connectivity index (χ4n) is 3.04.